The molecule has 0 atom stereocenters. The van der Waals surface area contributed by atoms with Crippen LogP contribution in [0.4, 0.5) is 15.8 Å². The second-order valence-corrected chi connectivity index (χ2v) is 4.71. The van der Waals surface area contributed by atoms with Crippen molar-refractivity contribution < 1.29 is 9.18 Å². The van der Waals surface area contributed by atoms with Crippen LogP contribution in [0.1, 0.15) is 28.4 Å². The van der Waals surface area contributed by atoms with Gasteiger partial charge in [-0.25, -0.2) is 4.39 Å². The van der Waals surface area contributed by atoms with Crippen LogP contribution >= 0.6 is 0 Å². The molecule has 0 saturated carbocycles. The van der Waals surface area contributed by atoms with Crippen LogP contribution in [0.2, 0.25) is 0 Å². The summed E-state index contributed by atoms with van der Waals surface area (Å²) in [6.07, 6.45) is 0.871. The number of anilines is 2. The SMILES string of the molecule is CCc1cccc(NC(=O)c2cc(N)cc(C)c2F)c1. The molecule has 0 saturated heterocycles. The molecular weight excluding hydrogens is 255 g/mol. The van der Waals surface area contributed by atoms with E-state index < -0.39 is 11.7 Å². The lowest BCUT2D eigenvalue weighted by Crippen LogP contribution is -2.15. The van der Waals surface area contributed by atoms with E-state index >= 15 is 0 Å². The molecule has 3 N–H and O–H groups in total. The van der Waals surface area contributed by atoms with E-state index in [-0.39, 0.29) is 5.56 Å². The van der Waals surface area contributed by atoms with Crippen LogP contribution in [0.25, 0.3) is 0 Å². The number of halogens is 1. The lowest BCUT2D eigenvalue weighted by atomic mass is 10.1. The predicted molar refractivity (Wildman–Crippen MR) is 79.3 cm³/mol. The smallest absolute Gasteiger partial charge is 0.258 e. The molecule has 2 aromatic rings. The second kappa shape index (κ2) is 5.74. The average Bonchev–Trinajstić information content (AvgIpc) is 2.43. The first-order chi connectivity index (χ1) is 9.51. The highest BCUT2D eigenvalue weighted by atomic mass is 19.1. The van der Waals surface area contributed by atoms with Crippen molar-refractivity contribution in [1.82, 2.24) is 0 Å². The Kier molecular flexibility index (Phi) is 4.03. The van der Waals surface area contributed by atoms with Gasteiger partial charge in [0.2, 0.25) is 0 Å². The minimum Gasteiger partial charge on any atom is -0.399 e. The van der Waals surface area contributed by atoms with E-state index in [1.807, 2.05) is 25.1 Å². The number of hydrogen-bond acceptors (Lipinski definition) is 2. The fourth-order valence-electron chi connectivity index (χ4n) is 2.03. The number of carbonyl (C=O) groups is 1. The molecule has 0 unspecified atom stereocenters. The number of amides is 1. The van der Waals surface area contributed by atoms with Crippen LogP contribution in [-0.2, 0) is 6.42 Å². The van der Waals surface area contributed by atoms with Gasteiger partial charge in [-0.05, 0) is 48.7 Å². The third kappa shape index (κ3) is 2.96. The Morgan fingerprint density at radius 3 is 2.75 bits per heavy atom. The zero-order valence-corrected chi connectivity index (χ0v) is 11.5. The quantitative estimate of drug-likeness (QED) is 0.840. The summed E-state index contributed by atoms with van der Waals surface area (Å²) in [6, 6.07) is 10.3. The summed E-state index contributed by atoms with van der Waals surface area (Å²) in [7, 11) is 0. The van der Waals surface area contributed by atoms with Crippen LogP contribution in [0.5, 0.6) is 0 Å². The fourth-order valence-corrected chi connectivity index (χ4v) is 2.03. The number of nitrogen functional groups attached to an aromatic ring is 1. The van der Waals surface area contributed by atoms with Gasteiger partial charge in [0, 0.05) is 11.4 Å². The summed E-state index contributed by atoms with van der Waals surface area (Å²) in [4.78, 5) is 12.1. The lowest BCUT2D eigenvalue weighted by molar-refractivity contribution is 0.102. The molecule has 0 radical (unpaired) electrons. The largest absolute Gasteiger partial charge is 0.399 e. The molecule has 0 heterocycles. The number of carbonyl (C=O) groups excluding carboxylic acids is 1. The van der Waals surface area contributed by atoms with Gasteiger partial charge in [0.15, 0.2) is 0 Å². The molecule has 4 heteroatoms. The number of benzene rings is 2. The van der Waals surface area contributed by atoms with Crippen LogP contribution in [0.15, 0.2) is 36.4 Å². The molecule has 2 rings (SSSR count). The highest BCUT2D eigenvalue weighted by Crippen LogP contribution is 2.19. The summed E-state index contributed by atoms with van der Waals surface area (Å²) in [6.45, 7) is 3.61. The molecule has 1 amide bonds. The van der Waals surface area contributed by atoms with Gasteiger partial charge in [0.1, 0.15) is 5.82 Å². The van der Waals surface area contributed by atoms with Gasteiger partial charge >= 0.3 is 0 Å². The number of nitrogens with one attached hydrogen (secondary N) is 1. The van der Waals surface area contributed by atoms with Gasteiger partial charge in [-0.15, -0.1) is 0 Å². The molecular formula is C16H17FN2O. The first-order valence-electron chi connectivity index (χ1n) is 6.47. The number of hydrogen-bond donors (Lipinski definition) is 2. The summed E-state index contributed by atoms with van der Waals surface area (Å²) >= 11 is 0. The van der Waals surface area contributed by atoms with Crippen molar-refractivity contribution in [1.29, 1.82) is 0 Å². The summed E-state index contributed by atoms with van der Waals surface area (Å²) in [5.41, 5.74) is 8.10. The van der Waals surface area contributed by atoms with Crippen molar-refractivity contribution in [2.75, 3.05) is 11.1 Å². The van der Waals surface area contributed by atoms with Crippen molar-refractivity contribution in [2.45, 2.75) is 20.3 Å². The number of aryl methyl sites for hydroxylation is 2. The highest BCUT2D eigenvalue weighted by molar-refractivity contribution is 6.05. The minimum absolute atomic E-state index is 0.0376. The van der Waals surface area contributed by atoms with E-state index in [4.69, 9.17) is 5.73 Å². The number of nitrogens with two attached hydrogens (primary N) is 1. The molecule has 0 fully saturated rings. The Hall–Kier alpha value is -2.36. The van der Waals surface area contributed by atoms with E-state index in [2.05, 4.69) is 5.32 Å². The Morgan fingerprint density at radius 2 is 2.05 bits per heavy atom. The molecule has 0 aliphatic rings. The van der Waals surface area contributed by atoms with Crippen LogP contribution in [0, 0.1) is 12.7 Å². The fraction of sp³-hybridized carbons (Fsp3) is 0.188. The molecule has 0 aromatic heterocycles. The molecule has 0 bridgehead atoms. The zero-order chi connectivity index (χ0) is 14.7. The molecule has 0 aliphatic carbocycles. The zero-order valence-electron chi connectivity index (χ0n) is 11.5. The van der Waals surface area contributed by atoms with Crippen molar-refractivity contribution in [2.24, 2.45) is 0 Å². The van der Waals surface area contributed by atoms with Gasteiger partial charge in [0.25, 0.3) is 5.91 Å². The second-order valence-electron chi connectivity index (χ2n) is 4.71. The molecule has 0 aliphatic heterocycles. The van der Waals surface area contributed by atoms with Crippen LogP contribution in [-0.4, -0.2) is 5.91 Å². The standard InChI is InChI=1S/C16H17FN2O/c1-3-11-5-4-6-13(8-11)19-16(20)14-9-12(18)7-10(2)15(14)17/h4-9H,3,18H2,1-2H3,(H,19,20). The van der Waals surface area contributed by atoms with E-state index in [1.165, 1.54) is 12.1 Å². The highest BCUT2D eigenvalue weighted by Gasteiger charge is 2.15. The maximum Gasteiger partial charge on any atom is 0.258 e. The van der Waals surface area contributed by atoms with Gasteiger partial charge in [-0.2, -0.15) is 0 Å². The first-order valence-corrected chi connectivity index (χ1v) is 6.47. The van der Waals surface area contributed by atoms with Crippen molar-refractivity contribution >= 4 is 17.3 Å². The predicted octanol–water partition coefficient (Wildman–Crippen LogP) is 3.53. The van der Waals surface area contributed by atoms with Gasteiger partial charge in [-0.3, -0.25) is 4.79 Å². The maximum atomic E-state index is 14.0. The maximum absolute atomic E-state index is 14.0. The Labute approximate surface area is 117 Å². The first kappa shape index (κ1) is 14.1. The van der Waals surface area contributed by atoms with E-state index in [1.54, 1.807) is 13.0 Å². The van der Waals surface area contributed by atoms with E-state index in [0.29, 0.717) is 16.9 Å². The van der Waals surface area contributed by atoms with Gasteiger partial charge in [-0.1, -0.05) is 19.1 Å². The van der Waals surface area contributed by atoms with Crippen molar-refractivity contribution in [3.8, 4) is 0 Å². The van der Waals surface area contributed by atoms with Gasteiger partial charge < -0.3 is 11.1 Å². The molecule has 104 valence electrons. The third-order valence-corrected chi connectivity index (χ3v) is 3.11. The molecule has 20 heavy (non-hydrogen) atoms. The van der Waals surface area contributed by atoms with Crippen molar-refractivity contribution in [3.05, 3.63) is 58.9 Å². The van der Waals surface area contributed by atoms with Crippen LogP contribution in [0.3, 0.4) is 0 Å². The normalized spacial score (nSPS) is 10.3. The average molecular weight is 272 g/mol. The topological polar surface area (TPSA) is 55.1 Å². The summed E-state index contributed by atoms with van der Waals surface area (Å²) in [5.74, 6) is -1.03. The number of rotatable bonds is 3. The Morgan fingerprint density at radius 1 is 1.30 bits per heavy atom. The molecule has 0 spiro atoms. The van der Waals surface area contributed by atoms with E-state index in [0.717, 1.165) is 12.0 Å². The van der Waals surface area contributed by atoms with Crippen LogP contribution < -0.4 is 11.1 Å². The van der Waals surface area contributed by atoms with E-state index in [9.17, 15) is 9.18 Å². The lowest BCUT2D eigenvalue weighted by Gasteiger charge is -2.09. The van der Waals surface area contributed by atoms with Crippen molar-refractivity contribution in [3.63, 3.8) is 0 Å². The Bertz CT molecular complexity index is 653. The summed E-state index contributed by atoms with van der Waals surface area (Å²) in [5, 5.41) is 2.69. The Balaban J connectivity index is 2.28. The monoisotopic (exact) mass is 272 g/mol. The molecule has 3 nitrogen and oxygen atoms in total. The molecule has 2 aromatic carbocycles. The third-order valence-electron chi connectivity index (χ3n) is 3.11. The minimum atomic E-state index is -0.539. The summed E-state index contributed by atoms with van der Waals surface area (Å²) < 4.78 is 14.0. The van der Waals surface area contributed by atoms with Gasteiger partial charge in [0.05, 0.1) is 5.56 Å².